The molecule has 2 heterocycles. The van der Waals surface area contributed by atoms with Gasteiger partial charge in [0.15, 0.2) is 5.96 Å². The maximum atomic E-state index is 4.73. The van der Waals surface area contributed by atoms with Gasteiger partial charge in [-0.05, 0) is 25.7 Å². The van der Waals surface area contributed by atoms with Crippen molar-refractivity contribution < 1.29 is 0 Å². The Bertz CT molecular complexity index is 510. The smallest absolute Gasteiger partial charge is 0.191 e. The minimum absolute atomic E-state index is 0. The summed E-state index contributed by atoms with van der Waals surface area (Å²) < 4.78 is 2.32. The van der Waals surface area contributed by atoms with Crippen molar-refractivity contribution in [2.45, 2.75) is 72.3 Å². The second kappa shape index (κ2) is 12.5. The molecule has 0 spiro atoms. The van der Waals surface area contributed by atoms with Gasteiger partial charge in [0.05, 0.1) is 0 Å². The Morgan fingerprint density at radius 2 is 1.92 bits per heavy atom. The van der Waals surface area contributed by atoms with Crippen LogP contribution in [0.5, 0.6) is 0 Å². The molecule has 0 unspecified atom stereocenters. The second-order valence-corrected chi connectivity index (χ2v) is 6.57. The summed E-state index contributed by atoms with van der Waals surface area (Å²) in [6.07, 6.45) is 8.11. The maximum absolute atomic E-state index is 4.73. The van der Waals surface area contributed by atoms with Crippen molar-refractivity contribution in [1.29, 1.82) is 0 Å². The first kappa shape index (κ1) is 22.2. The van der Waals surface area contributed by atoms with Crippen LogP contribution in [0.25, 0.3) is 0 Å². The number of guanidine groups is 1. The number of aryl methyl sites for hydroxylation is 1. The highest BCUT2D eigenvalue weighted by atomic mass is 127. The molecule has 6 nitrogen and oxygen atoms in total. The number of aromatic nitrogens is 3. The number of halogens is 1. The van der Waals surface area contributed by atoms with Gasteiger partial charge in [-0.3, -0.25) is 4.99 Å². The zero-order valence-corrected chi connectivity index (χ0v) is 18.4. The fourth-order valence-corrected chi connectivity index (χ4v) is 3.13. The lowest BCUT2D eigenvalue weighted by Gasteiger charge is -2.14. The van der Waals surface area contributed by atoms with Crippen molar-refractivity contribution in [2.24, 2.45) is 10.9 Å². The molecular weight excluding hydrogens is 427 g/mol. The van der Waals surface area contributed by atoms with Crippen LogP contribution in [0.15, 0.2) is 4.99 Å². The largest absolute Gasteiger partial charge is 0.357 e. The Hall–Kier alpha value is -0.860. The first-order valence-electron chi connectivity index (χ1n) is 9.71. The van der Waals surface area contributed by atoms with E-state index in [1.165, 1.54) is 32.1 Å². The molecule has 0 fully saturated rings. The van der Waals surface area contributed by atoms with Crippen LogP contribution in [-0.2, 0) is 19.4 Å². The molecule has 144 valence electrons. The van der Waals surface area contributed by atoms with Crippen LogP contribution >= 0.6 is 24.0 Å². The zero-order valence-electron chi connectivity index (χ0n) is 16.1. The highest BCUT2D eigenvalue weighted by Crippen LogP contribution is 2.14. The van der Waals surface area contributed by atoms with Crippen molar-refractivity contribution in [3.63, 3.8) is 0 Å². The van der Waals surface area contributed by atoms with Crippen LogP contribution in [0.3, 0.4) is 0 Å². The standard InChI is InChI=1S/C18H34N6.HI/c1-4-15(5-2)14-21-18(19-6-3)20-12-11-17-23-22-16-10-8-7-9-13-24(16)17;/h15H,4-14H2,1-3H3,(H2,19,20,21);1H. The van der Waals surface area contributed by atoms with Crippen LogP contribution in [0.1, 0.15) is 64.5 Å². The summed E-state index contributed by atoms with van der Waals surface area (Å²) >= 11 is 0. The van der Waals surface area contributed by atoms with Gasteiger partial charge in [-0.25, -0.2) is 0 Å². The van der Waals surface area contributed by atoms with Crippen LogP contribution in [0.2, 0.25) is 0 Å². The van der Waals surface area contributed by atoms with E-state index in [1.54, 1.807) is 0 Å². The average Bonchev–Trinajstić information content (AvgIpc) is 2.82. The summed E-state index contributed by atoms with van der Waals surface area (Å²) in [5.41, 5.74) is 0. The molecule has 2 N–H and O–H groups in total. The summed E-state index contributed by atoms with van der Waals surface area (Å²) in [5, 5.41) is 15.5. The number of hydrogen-bond donors (Lipinski definition) is 2. The lowest BCUT2D eigenvalue weighted by atomic mass is 10.0. The van der Waals surface area contributed by atoms with Crippen molar-refractivity contribution >= 4 is 29.9 Å². The molecule has 0 aliphatic carbocycles. The van der Waals surface area contributed by atoms with E-state index in [2.05, 4.69) is 46.2 Å². The molecule has 0 amide bonds. The lowest BCUT2D eigenvalue weighted by molar-refractivity contribution is 0.504. The second-order valence-electron chi connectivity index (χ2n) is 6.57. The predicted octanol–water partition coefficient (Wildman–Crippen LogP) is 3.16. The van der Waals surface area contributed by atoms with Crippen molar-refractivity contribution in [2.75, 3.05) is 19.6 Å². The van der Waals surface area contributed by atoms with Gasteiger partial charge in [-0.1, -0.05) is 33.1 Å². The SMILES string of the molecule is CCNC(=NCC(CC)CC)NCCc1nnc2n1CCCCC2.I. The van der Waals surface area contributed by atoms with Crippen LogP contribution in [0, 0.1) is 5.92 Å². The fraction of sp³-hybridized carbons (Fsp3) is 0.833. The number of aliphatic imine (C=N–C) groups is 1. The van der Waals surface area contributed by atoms with Crippen LogP contribution < -0.4 is 10.6 Å². The van der Waals surface area contributed by atoms with Crippen molar-refractivity contribution in [1.82, 2.24) is 25.4 Å². The number of nitrogens with zero attached hydrogens (tertiary/aromatic N) is 4. The zero-order chi connectivity index (χ0) is 17.2. The molecular formula is C18H35IN6. The normalized spacial score (nSPS) is 14.6. The third-order valence-corrected chi connectivity index (χ3v) is 4.83. The van der Waals surface area contributed by atoms with Crippen LogP contribution in [0.4, 0.5) is 0 Å². The molecule has 0 aromatic carbocycles. The Balaban J connectivity index is 0.00000312. The van der Waals surface area contributed by atoms with Gasteiger partial charge in [0.1, 0.15) is 11.6 Å². The number of hydrogen-bond acceptors (Lipinski definition) is 3. The first-order valence-corrected chi connectivity index (χ1v) is 9.71. The van der Waals surface area contributed by atoms with Crippen LogP contribution in [-0.4, -0.2) is 40.4 Å². The third-order valence-electron chi connectivity index (χ3n) is 4.83. The van der Waals surface area contributed by atoms with E-state index in [-0.39, 0.29) is 24.0 Å². The minimum atomic E-state index is 0. The van der Waals surface area contributed by atoms with Gasteiger partial charge in [-0.2, -0.15) is 0 Å². The van der Waals surface area contributed by atoms with Crippen molar-refractivity contribution in [3.8, 4) is 0 Å². The molecule has 7 heteroatoms. The highest BCUT2D eigenvalue weighted by molar-refractivity contribution is 14.0. The van der Waals surface area contributed by atoms with E-state index >= 15 is 0 Å². The molecule has 1 aromatic rings. The molecule has 0 atom stereocenters. The van der Waals surface area contributed by atoms with E-state index in [0.29, 0.717) is 5.92 Å². The van der Waals surface area contributed by atoms with E-state index in [4.69, 9.17) is 4.99 Å². The number of fused-ring (bicyclic) bond motifs is 1. The van der Waals surface area contributed by atoms with Gasteiger partial charge in [-0.15, -0.1) is 34.2 Å². The number of rotatable bonds is 8. The molecule has 0 saturated heterocycles. The van der Waals surface area contributed by atoms with Gasteiger partial charge >= 0.3 is 0 Å². The van der Waals surface area contributed by atoms with E-state index in [9.17, 15) is 0 Å². The molecule has 25 heavy (non-hydrogen) atoms. The predicted molar refractivity (Wildman–Crippen MR) is 115 cm³/mol. The summed E-state index contributed by atoms with van der Waals surface area (Å²) in [7, 11) is 0. The monoisotopic (exact) mass is 462 g/mol. The average molecular weight is 462 g/mol. The van der Waals surface area contributed by atoms with Gasteiger partial charge < -0.3 is 15.2 Å². The summed E-state index contributed by atoms with van der Waals surface area (Å²) in [4.78, 5) is 4.73. The molecule has 0 saturated carbocycles. The summed E-state index contributed by atoms with van der Waals surface area (Å²) in [6.45, 7) is 10.3. The third kappa shape index (κ3) is 7.11. The molecule has 0 bridgehead atoms. The molecule has 2 rings (SSSR count). The molecule has 0 radical (unpaired) electrons. The Labute approximate surface area is 169 Å². The van der Waals surface area contributed by atoms with Gasteiger partial charge in [0.25, 0.3) is 0 Å². The number of nitrogens with one attached hydrogen (secondary N) is 2. The molecule has 1 aliphatic rings. The topological polar surface area (TPSA) is 67.1 Å². The maximum Gasteiger partial charge on any atom is 0.191 e. The minimum Gasteiger partial charge on any atom is -0.357 e. The first-order chi connectivity index (χ1) is 11.8. The quantitative estimate of drug-likeness (QED) is 0.354. The fourth-order valence-electron chi connectivity index (χ4n) is 3.13. The lowest BCUT2D eigenvalue weighted by Crippen LogP contribution is -2.39. The van der Waals surface area contributed by atoms with Gasteiger partial charge in [0.2, 0.25) is 0 Å². The molecule has 1 aliphatic heterocycles. The van der Waals surface area contributed by atoms with E-state index in [1.807, 2.05) is 0 Å². The van der Waals surface area contributed by atoms with E-state index < -0.39 is 0 Å². The Kier molecular flexibility index (Phi) is 11.1. The summed E-state index contributed by atoms with van der Waals surface area (Å²) in [5.74, 6) is 3.86. The van der Waals surface area contributed by atoms with Gasteiger partial charge in [0, 0.05) is 39.0 Å². The Morgan fingerprint density at radius 1 is 1.12 bits per heavy atom. The van der Waals surface area contributed by atoms with E-state index in [0.717, 1.165) is 56.6 Å². The Morgan fingerprint density at radius 3 is 2.64 bits per heavy atom. The van der Waals surface area contributed by atoms with Crippen molar-refractivity contribution in [3.05, 3.63) is 11.6 Å². The summed E-state index contributed by atoms with van der Waals surface area (Å²) in [6, 6.07) is 0. The molecule has 1 aromatic heterocycles. The highest BCUT2D eigenvalue weighted by Gasteiger charge is 2.14.